The van der Waals surface area contributed by atoms with Gasteiger partial charge in [0.05, 0.1) is 0 Å². The van der Waals surface area contributed by atoms with E-state index in [1.165, 1.54) is 35.5 Å². The lowest BCUT2D eigenvalue weighted by molar-refractivity contribution is -0.185. The van der Waals surface area contributed by atoms with Gasteiger partial charge in [0.1, 0.15) is 0 Å². The Bertz CT molecular complexity index is 274. The summed E-state index contributed by atoms with van der Waals surface area (Å²) in [6.07, 6.45) is 8.32. The molecule has 12 heavy (non-hydrogen) atoms. The highest BCUT2D eigenvalue weighted by Crippen LogP contribution is 2.86. The first-order chi connectivity index (χ1) is 5.88. The minimum absolute atomic E-state index is 0.991. The van der Waals surface area contributed by atoms with Crippen molar-refractivity contribution in [3.05, 3.63) is 0 Å². The fraction of sp³-hybridized carbons (Fsp3) is 1.00. The van der Waals surface area contributed by atoms with Gasteiger partial charge in [-0.3, -0.25) is 0 Å². The van der Waals surface area contributed by atoms with E-state index < -0.39 is 0 Å². The van der Waals surface area contributed by atoms with Gasteiger partial charge >= 0.3 is 0 Å². The second kappa shape index (κ2) is 1.31. The van der Waals surface area contributed by atoms with Crippen LogP contribution in [0, 0.1) is 40.9 Å². The van der Waals surface area contributed by atoms with Crippen molar-refractivity contribution >= 4 is 0 Å². The monoisotopic (exact) mass is 160 g/mol. The Morgan fingerprint density at radius 3 is 2.92 bits per heavy atom. The van der Waals surface area contributed by atoms with Gasteiger partial charge in [0.2, 0.25) is 0 Å². The first-order valence-electron chi connectivity index (χ1n) is 5.88. The molecule has 7 bridgehead atoms. The summed E-state index contributed by atoms with van der Waals surface area (Å²) in [6.45, 7) is 0. The predicted octanol–water partition coefficient (Wildman–Crippen LogP) is 2.69. The molecule has 64 valence electrons. The van der Waals surface area contributed by atoms with Crippen LogP contribution < -0.4 is 0 Å². The molecular weight excluding hydrogens is 144 g/mol. The van der Waals surface area contributed by atoms with Crippen LogP contribution in [0.5, 0.6) is 0 Å². The largest absolute Gasteiger partial charge is 0.0473 e. The lowest BCUT2D eigenvalue weighted by Gasteiger charge is -2.66. The van der Waals surface area contributed by atoms with Gasteiger partial charge in [-0.2, -0.15) is 0 Å². The van der Waals surface area contributed by atoms with Crippen LogP contribution in [0.4, 0.5) is 0 Å². The maximum atomic E-state index is 1.68. The maximum Gasteiger partial charge on any atom is -0.0227 e. The molecule has 1 spiro atoms. The van der Waals surface area contributed by atoms with Crippen molar-refractivity contribution in [2.45, 2.75) is 32.1 Å². The van der Waals surface area contributed by atoms with Gasteiger partial charge in [0.15, 0.2) is 0 Å². The highest BCUT2D eigenvalue weighted by molar-refractivity contribution is 5.27. The molecule has 7 aliphatic carbocycles. The molecule has 7 atom stereocenters. The second-order valence-corrected chi connectivity index (χ2v) is 6.43. The van der Waals surface area contributed by atoms with E-state index >= 15 is 0 Å². The van der Waals surface area contributed by atoms with Gasteiger partial charge in [0, 0.05) is 0 Å². The molecule has 0 nitrogen and oxygen atoms in total. The first kappa shape index (κ1) is 5.67. The van der Waals surface area contributed by atoms with Crippen molar-refractivity contribution < 1.29 is 0 Å². The average Bonchev–Trinajstić information content (AvgIpc) is 2.48. The van der Waals surface area contributed by atoms with Crippen LogP contribution in [-0.4, -0.2) is 0 Å². The van der Waals surface area contributed by atoms with Gasteiger partial charge in [0.25, 0.3) is 0 Å². The van der Waals surface area contributed by atoms with Crippen molar-refractivity contribution in [3.8, 4) is 0 Å². The quantitative estimate of drug-likeness (QED) is 0.511. The molecule has 0 aromatic rings. The second-order valence-electron chi connectivity index (χ2n) is 6.43. The number of hydrogen-bond acceptors (Lipinski definition) is 0. The van der Waals surface area contributed by atoms with E-state index in [9.17, 15) is 0 Å². The Balaban J connectivity index is 1.80. The van der Waals surface area contributed by atoms with Gasteiger partial charge in [-0.15, -0.1) is 0 Å². The third kappa shape index (κ3) is 0.324. The molecule has 0 radical (unpaired) electrons. The standard InChI is InChI=1S/C12H16/c1-6-2-8-10(3-6)12-4-7(1)9(5-12)11(8)12/h6-11H,1-5H2. The summed E-state index contributed by atoms with van der Waals surface area (Å²) in [4.78, 5) is 0. The van der Waals surface area contributed by atoms with E-state index in [1.54, 1.807) is 32.1 Å². The summed E-state index contributed by atoms with van der Waals surface area (Å²) in [7, 11) is 0. The lowest BCUT2D eigenvalue weighted by atomic mass is 9.38. The Hall–Kier alpha value is 0. The first-order valence-corrected chi connectivity index (χ1v) is 5.88. The van der Waals surface area contributed by atoms with Crippen molar-refractivity contribution in [2.75, 3.05) is 0 Å². The molecule has 0 heterocycles. The summed E-state index contributed by atoms with van der Waals surface area (Å²) in [6, 6.07) is 0. The SMILES string of the molecule is C1C2CC3C(C2)C24CC1C(C2)C34. The summed E-state index contributed by atoms with van der Waals surface area (Å²) in [5.41, 5.74) is 0.991. The lowest BCUT2D eigenvalue weighted by Crippen LogP contribution is -2.61. The van der Waals surface area contributed by atoms with Crippen LogP contribution in [0.25, 0.3) is 0 Å². The highest BCUT2D eigenvalue weighted by atomic mass is 14.8. The third-order valence-electron chi connectivity index (χ3n) is 6.53. The molecule has 0 aromatic heterocycles. The smallest absolute Gasteiger partial charge is 0.0227 e. The molecule has 0 saturated heterocycles. The summed E-state index contributed by atoms with van der Waals surface area (Å²) >= 11 is 0. The van der Waals surface area contributed by atoms with Crippen LogP contribution in [0.15, 0.2) is 0 Å². The topological polar surface area (TPSA) is 0 Å². The molecule has 0 aliphatic heterocycles. The van der Waals surface area contributed by atoms with Crippen LogP contribution in [0.1, 0.15) is 32.1 Å². The Kier molecular flexibility index (Phi) is 0.618. The van der Waals surface area contributed by atoms with E-state index in [0.29, 0.717) is 0 Å². The molecule has 7 rings (SSSR count). The molecule has 7 unspecified atom stereocenters. The molecule has 0 aromatic carbocycles. The Labute approximate surface area is 73.7 Å². The minimum Gasteiger partial charge on any atom is -0.0473 e. The van der Waals surface area contributed by atoms with E-state index in [1.807, 2.05) is 0 Å². The predicted molar refractivity (Wildman–Crippen MR) is 46.5 cm³/mol. The van der Waals surface area contributed by atoms with Crippen molar-refractivity contribution in [2.24, 2.45) is 40.9 Å². The van der Waals surface area contributed by atoms with E-state index in [2.05, 4.69) is 0 Å². The van der Waals surface area contributed by atoms with Gasteiger partial charge in [-0.25, -0.2) is 0 Å². The average molecular weight is 160 g/mol. The zero-order chi connectivity index (χ0) is 7.50. The molecule has 7 fully saturated rings. The normalized spacial score (nSPS) is 80.0. The van der Waals surface area contributed by atoms with Crippen molar-refractivity contribution in [3.63, 3.8) is 0 Å². The third-order valence-corrected chi connectivity index (χ3v) is 6.53. The Morgan fingerprint density at radius 1 is 0.917 bits per heavy atom. The molecule has 0 heteroatoms. The summed E-state index contributed by atoms with van der Waals surface area (Å²) in [5, 5.41) is 0. The zero-order valence-electron chi connectivity index (χ0n) is 7.50. The van der Waals surface area contributed by atoms with Gasteiger partial charge in [-0.1, -0.05) is 0 Å². The molecule has 0 N–H and O–H groups in total. The van der Waals surface area contributed by atoms with E-state index in [4.69, 9.17) is 0 Å². The van der Waals surface area contributed by atoms with Crippen LogP contribution >= 0.6 is 0 Å². The fourth-order valence-electron chi connectivity index (χ4n) is 6.58. The molecule has 7 aliphatic rings. The Morgan fingerprint density at radius 2 is 1.92 bits per heavy atom. The van der Waals surface area contributed by atoms with Crippen molar-refractivity contribution in [1.82, 2.24) is 0 Å². The van der Waals surface area contributed by atoms with Crippen molar-refractivity contribution in [1.29, 1.82) is 0 Å². The summed E-state index contributed by atoms with van der Waals surface area (Å²) in [5.74, 6) is 7.44. The number of hydrogen-bond donors (Lipinski definition) is 0. The van der Waals surface area contributed by atoms with Crippen LogP contribution in [0.3, 0.4) is 0 Å². The van der Waals surface area contributed by atoms with E-state index in [0.717, 1.165) is 5.41 Å². The zero-order valence-corrected chi connectivity index (χ0v) is 7.50. The molecule has 7 saturated carbocycles. The van der Waals surface area contributed by atoms with E-state index in [-0.39, 0.29) is 0 Å². The summed E-state index contributed by atoms with van der Waals surface area (Å²) < 4.78 is 0. The molecule has 0 amide bonds. The molecular formula is C12H16. The maximum absolute atomic E-state index is 1.68. The van der Waals surface area contributed by atoms with Gasteiger partial charge < -0.3 is 0 Å². The van der Waals surface area contributed by atoms with Gasteiger partial charge in [-0.05, 0) is 73.0 Å². The fourth-order valence-corrected chi connectivity index (χ4v) is 6.58. The van der Waals surface area contributed by atoms with Crippen LogP contribution in [-0.2, 0) is 0 Å². The minimum atomic E-state index is 0.991. The van der Waals surface area contributed by atoms with Crippen LogP contribution in [0.2, 0.25) is 0 Å². The highest BCUT2D eigenvalue weighted by Gasteiger charge is 2.79. The number of rotatable bonds is 0.